The number of hydrogen-bond donors (Lipinski definition) is 3. The molecule has 0 saturated heterocycles. The molecule has 3 unspecified atom stereocenters. The van der Waals surface area contributed by atoms with Crippen molar-refractivity contribution in [2.75, 3.05) is 6.54 Å². The van der Waals surface area contributed by atoms with Crippen molar-refractivity contribution in [3.05, 3.63) is 35.9 Å². The molecule has 1 saturated carbocycles. The van der Waals surface area contributed by atoms with Crippen molar-refractivity contribution in [2.24, 2.45) is 11.7 Å². The summed E-state index contributed by atoms with van der Waals surface area (Å²) in [5.41, 5.74) is 6.97. The highest BCUT2D eigenvalue weighted by Crippen LogP contribution is 2.24. The molecule has 0 bridgehead atoms. The molecular formula is C15H22N2O2. The Morgan fingerprint density at radius 1 is 1.37 bits per heavy atom. The molecule has 0 aromatic heterocycles. The van der Waals surface area contributed by atoms with E-state index in [4.69, 9.17) is 5.73 Å². The minimum atomic E-state index is -0.506. The average molecular weight is 262 g/mol. The molecule has 4 nitrogen and oxygen atoms in total. The summed E-state index contributed by atoms with van der Waals surface area (Å²) in [7, 11) is 0. The Bertz CT molecular complexity index is 408. The maximum atomic E-state index is 11.9. The van der Waals surface area contributed by atoms with E-state index in [-0.39, 0.29) is 12.0 Å². The van der Waals surface area contributed by atoms with Gasteiger partial charge in [0.25, 0.3) is 0 Å². The molecule has 19 heavy (non-hydrogen) atoms. The highest BCUT2D eigenvalue weighted by molar-refractivity contribution is 5.81. The normalized spacial score (nSPS) is 24.1. The molecule has 1 aliphatic rings. The Hall–Kier alpha value is -1.39. The first-order valence-electron chi connectivity index (χ1n) is 6.90. The van der Waals surface area contributed by atoms with Crippen LogP contribution >= 0.6 is 0 Å². The predicted octanol–water partition coefficient (Wildman–Crippen LogP) is 0.834. The van der Waals surface area contributed by atoms with Crippen LogP contribution in [0, 0.1) is 5.92 Å². The quantitative estimate of drug-likeness (QED) is 0.736. The first-order valence-corrected chi connectivity index (χ1v) is 6.90. The fourth-order valence-electron chi connectivity index (χ4n) is 2.57. The van der Waals surface area contributed by atoms with Crippen LogP contribution in [-0.4, -0.2) is 29.7 Å². The minimum Gasteiger partial charge on any atom is -0.393 e. The van der Waals surface area contributed by atoms with Gasteiger partial charge >= 0.3 is 0 Å². The lowest BCUT2D eigenvalue weighted by Gasteiger charge is -2.15. The molecule has 1 aromatic rings. The van der Waals surface area contributed by atoms with Crippen LogP contribution in [0.15, 0.2) is 30.3 Å². The number of carbonyl (C=O) groups excluding carboxylic acids is 1. The molecule has 1 aromatic carbocycles. The topological polar surface area (TPSA) is 75.4 Å². The Labute approximate surface area is 114 Å². The highest BCUT2D eigenvalue weighted by Gasteiger charge is 2.23. The molecule has 4 heteroatoms. The number of carbonyl (C=O) groups is 1. The number of rotatable bonds is 5. The second-order valence-corrected chi connectivity index (χ2v) is 5.37. The van der Waals surface area contributed by atoms with Crippen molar-refractivity contribution < 1.29 is 9.90 Å². The largest absolute Gasteiger partial charge is 0.393 e. The van der Waals surface area contributed by atoms with Crippen LogP contribution < -0.4 is 11.1 Å². The second kappa shape index (κ2) is 6.68. The summed E-state index contributed by atoms with van der Waals surface area (Å²) in [6.07, 6.45) is 2.97. The molecule has 1 fully saturated rings. The minimum absolute atomic E-state index is 0.106. The lowest BCUT2D eigenvalue weighted by Crippen LogP contribution is -2.43. The third-order valence-electron chi connectivity index (χ3n) is 3.71. The summed E-state index contributed by atoms with van der Waals surface area (Å²) in [5, 5.41) is 12.3. The van der Waals surface area contributed by atoms with E-state index in [1.165, 1.54) is 0 Å². The molecule has 4 N–H and O–H groups in total. The number of hydrogen-bond acceptors (Lipinski definition) is 3. The van der Waals surface area contributed by atoms with E-state index in [0.717, 1.165) is 24.8 Å². The summed E-state index contributed by atoms with van der Waals surface area (Å²) >= 11 is 0. The van der Waals surface area contributed by atoms with Crippen LogP contribution in [0.2, 0.25) is 0 Å². The molecule has 3 atom stereocenters. The molecule has 104 valence electrons. The van der Waals surface area contributed by atoms with Gasteiger partial charge in [-0.2, -0.15) is 0 Å². The van der Waals surface area contributed by atoms with Gasteiger partial charge < -0.3 is 16.2 Å². The summed E-state index contributed by atoms with van der Waals surface area (Å²) in [4.78, 5) is 11.9. The average Bonchev–Trinajstić information content (AvgIpc) is 2.83. The first kappa shape index (κ1) is 14.0. The SMILES string of the molecule is NC(Cc1ccccc1)C(=O)NCC1CCC(O)C1. The maximum absolute atomic E-state index is 11.9. The van der Waals surface area contributed by atoms with Gasteiger partial charge in [-0.15, -0.1) is 0 Å². The molecular weight excluding hydrogens is 240 g/mol. The van der Waals surface area contributed by atoms with Crippen molar-refractivity contribution in [2.45, 2.75) is 37.8 Å². The fraction of sp³-hybridized carbons (Fsp3) is 0.533. The zero-order chi connectivity index (χ0) is 13.7. The van der Waals surface area contributed by atoms with Crippen molar-refractivity contribution in [3.8, 4) is 0 Å². The molecule has 0 radical (unpaired) electrons. The van der Waals surface area contributed by atoms with Gasteiger partial charge in [-0.05, 0) is 37.2 Å². The fourth-order valence-corrected chi connectivity index (χ4v) is 2.57. The number of amides is 1. The number of aliphatic hydroxyl groups excluding tert-OH is 1. The van der Waals surface area contributed by atoms with E-state index < -0.39 is 6.04 Å². The Morgan fingerprint density at radius 2 is 2.11 bits per heavy atom. The first-order chi connectivity index (χ1) is 9.15. The van der Waals surface area contributed by atoms with Crippen LogP contribution in [0.5, 0.6) is 0 Å². The lowest BCUT2D eigenvalue weighted by molar-refractivity contribution is -0.122. The maximum Gasteiger partial charge on any atom is 0.237 e. The standard InChI is InChI=1S/C15H22N2O2/c16-14(9-11-4-2-1-3-5-11)15(19)17-10-12-6-7-13(18)8-12/h1-5,12-14,18H,6-10,16H2,(H,17,19). The van der Waals surface area contributed by atoms with E-state index in [9.17, 15) is 9.90 Å². The van der Waals surface area contributed by atoms with Crippen LogP contribution in [0.4, 0.5) is 0 Å². The molecule has 0 spiro atoms. The number of nitrogens with one attached hydrogen (secondary N) is 1. The number of benzene rings is 1. The predicted molar refractivity (Wildman–Crippen MR) is 74.5 cm³/mol. The van der Waals surface area contributed by atoms with Crippen LogP contribution in [0.3, 0.4) is 0 Å². The van der Waals surface area contributed by atoms with Crippen LogP contribution in [0.1, 0.15) is 24.8 Å². The van der Waals surface area contributed by atoms with Gasteiger partial charge in [0.1, 0.15) is 0 Å². The summed E-state index contributed by atoms with van der Waals surface area (Å²) in [6.45, 7) is 0.623. The number of aliphatic hydroxyl groups is 1. The molecule has 0 aliphatic heterocycles. The van der Waals surface area contributed by atoms with Gasteiger partial charge in [-0.25, -0.2) is 0 Å². The van der Waals surface area contributed by atoms with Gasteiger partial charge in [0.15, 0.2) is 0 Å². The van der Waals surface area contributed by atoms with E-state index in [1.807, 2.05) is 30.3 Å². The van der Waals surface area contributed by atoms with Crippen molar-refractivity contribution in [1.82, 2.24) is 5.32 Å². The van der Waals surface area contributed by atoms with E-state index >= 15 is 0 Å². The smallest absolute Gasteiger partial charge is 0.237 e. The van der Waals surface area contributed by atoms with Crippen LogP contribution in [0.25, 0.3) is 0 Å². The van der Waals surface area contributed by atoms with Gasteiger partial charge in [-0.3, -0.25) is 4.79 Å². The van der Waals surface area contributed by atoms with Crippen LogP contribution in [-0.2, 0) is 11.2 Å². The van der Waals surface area contributed by atoms with Crippen molar-refractivity contribution in [3.63, 3.8) is 0 Å². The monoisotopic (exact) mass is 262 g/mol. The van der Waals surface area contributed by atoms with Crippen molar-refractivity contribution in [1.29, 1.82) is 0 Å². The van der Waals surface area contributed by atoms with Gasteiger partial charge in [0.05, 0.1) is 12.1 Å². The highest BCUT2D eigenvalue weighted by atomic mass is 16.3. The van der Waals surface area contributed by atoms with Crippen molar-refractivity contribution >= 4 is 5.91 Å². The third kappa shape index (κ3) is 4.33. The van der Waals surface area contributed by atoms with Gasteiger partial charge in [-0.1, -0.05) is 30.3 Å². The molecule has 0 heterocycles. The number of nitrogens with two attached hydrogens (primary N) is 1. The summed E-state index contributed by atoms with van der Waals surface area (Å²) in [5.74, 6) is 0.285. The third-order valence-corrected chi connectivity index (χ3v) is 3.71. The summed E-state index contributed by atoms with van der Waals surface area (Å²) in [6, 6.07) is 9.27. The summed E-state index contributed by atoms with van der Waals surface area (Å²) < 4.78 is 0. The molecule has 1 aliphatic carbocycles. The zero-order valence-electron chi connectivity index (χ0n) is 11.1. The Balaban J connectivity index is 1.73. The molecule has 1 amide bonds. The Morgan fingerprint density at radius 3 is 2.74 bits per heavy atom. The van der Waals surface area contributed by atoms with E-state index in [0.29, 0.717) is 18.9 Å². The lowest BCUT2D eigenvalue weighted by atomic mass is 10.1. The zero-order valence-corrected chi connectivity index (χ0v) is 11.1. The molecule has 2 rings (SSSR count). The second-order valence-electron chi connectivity index (χ2n) is 5.37. The van der Waals surface area contributed by atoms with E-state index in [1.54, 1.807) is 0 Å². The van der Waals surface area contributed by atoms with Gasteiger partial charge in [0.2, 0.25) is 5.91 Å². The van der Waals surface area contributed by atoms with Gasteiger partial charge in [0, 0.05) is 6.54 Å². The Kier molecular flexibility index (Phi) is 4.93. The van der Waals surface area contributed by atoms with E-state index in [2.05, 4.69) is 5.32 Å².